The summed E-state index contributed by atoms with van der Waals surface area (Å²) < 4.78 is 0. The van der Waals surface area contributed by atoms with Gasteiger partial charge >= 0.3 is 0 Å². The monoisotopic (exact) mass is 306 g/mol. The molecule has 1 aromatic heterocycles. The van der Waals surface area contributed by atoms with E-state index >= 15 is 0 Å². The Morgan fingerprint density at radius 3 is 2.80 bits per heavy atom. The van der Waals surface area contributed by atoms with Gasteiger partial charge in [0.25, 0.3) is 5.91 Å². The maximum Gasteiger partial charge on any atom is 0.254 e. The number of carbonyl (C=O) groups is 1. The van der Waals surface area contributed by atoms with E-state index in [4.69, 9.17) is 17.3 Å². The van der Waals surface area contributed by atoms with E-state index in [-0.39, 0.29) is 5.91 Å². The van der Waals surface area contributed by atoms with Crippen LogP contribution in [0.5, 0.6) is 0 Å². The fourth-order valence-electron chi connectivity index (χ4n) is 2.55. The number of amides is 1. The van der Waals surface area contributed by atoms with Gasteiger partial charge in [-0.3, -0.25) is 4.79 Å². The molecule has 0 unspecified atom stereocenters. The van der Waals surface area contributed by atoms with E-state index in [1.54, 1.807) is 11.3 Å². The minimum absolute atomic E-state index is 0.0724. The Labute approximate surface area is 126 Å². The lowest BCUT2D eigenvalue weighted by Gasteiger charge is -2.07. The van der Waals surface area contributed by atoms with Crippen molar-refractivity contribution in [2.45, 2.75) is 25.8 Å². The molecule has 0 atom stereocenters. The number of benzene rings is 1. The van der Waals surface area contributed by atoms with E-state index < -0.39 is 0 Å². The molecule has 3 nitrogen and oxygen atoms in total. The predicted octanol–water partition coefficient (Wildman–Crippen LogP) is 3.40. The van der Waals surface area contributed by atoms with Crippen molar-refractivity contribution in [1.29, 1.82) is 0 Å². The van der Waals surface area contributed by atoms with Crippen LogP contribution in [0.1, 0.15) is 32.8 Å². The highest BCUT2D eigenvalue weighted by Gasteiger charge is 2.24. The first kappa shape index (κ1) is 13.5. The first-order valence-corrected chi connectivity index (χ1v) is 7.77. The van der Waals surface area contributed by atoms with Crippen LogP contribution in [0.25, 0.3) is 0 Å². The first-order valence-electron chi connectivity index (χ1n) is 6.58. The van der Waals surface area contributed by atoms with Gasteiger partial charge in [-0.15, -0.1) is 11.3 Å². The fraction of sp³-hybridized carbons (Fsp3) is 0.267. The predicted molar refractivity (Wildman–Crippen MR) is 83.4 cm³/mol. The molecular weight excluding hydrogens is 292 g/mol. The Bertz CT molecular complexity index is 649. The average molecular weight is 307 g/mol. The van der Waals surface area contributed by atoms with E-state index in [0.717, 1.165) is 30.4 Å². The van der Waals surface area contributed by atoms with E-state index in [1.165, 1.54) is 4.88 Å². The number of nitrogen functional groups attached to an aromatic ring is 1. The number of anilines is 1. The zero-order valence-electron chi connectivity index (χ0n) is 10.9. The highest BCUT2D eigenvalue weighted by molar-refractivity contribution is 7.16. The van der Waals surface area contributed by atoms with Crippen LogP contribution < -0.4 is 11.1 Å². The number of rotatable bonds is 3. The number of carbonyl (C=O) groups excluding carboxylic acids is 1. The zero-order chi connectivity index (χ0) is 14.1. The molecule has 1 amide bonds. The van der Waals surface area contributed by atoms with Gasteiger partial charge in [0.2, 0.25) is 0 Å². The van der Waals surface area contributed by atoms with Gasteiger partial charge in [0.05, 0.1) is 10.6 Å². The van der Waals surface area contributed by atoms with Crippen LogP contribution in [-0.4, -0.2) is 5.91 Å². The van der Waals surface area contributed by atoms with Crippen LogP contribution in [0.2, 0.25) is 5.02 Å². The second kappa shape index (κ2) is 5.46. The summed E-state index contributed by atoms with van der Waals surface area (Å²) in [6, 6.07) is 7.45. The van der Waals surface area contributed by atoms with Crippen molar-refractivity contribution in [3.63, 3.8) is 0 Å². The van der Waals surface area contributed by atoms with Gasteiger partial charge in [0.15, 0.2) is 0 Å². The number of aryl methyl sites for hydroxylation is 1. The van der Waals surface area contributed by atoms with Crippen LogP contribution in [0.3, 0.4) is 0 Å². The van der Waals surface area contributed by atoms with E-state index in [9.17, 15) is 4.79 Å². The molecule has 0 spiro atoms. The molecule has 1 aliphatic rings. The Morgan fingerprint density at radius 2 is 2.05 bits per heavy atom. The molecule has 0 saturated heterocycles. The molecule has 1 aliphatic carbocycles. The smallest absolute Gasteiger partial charge is 0.254 e. The number of nitrogens with two attached hydrogens (primary N) is 1. The summed E-state index contributed by atoms with van der Waals surface area (Å²) in [5, 5.41) is 4.27. The second-order valence-corrected chi connectivity index (χ2v) is 6.48. The number of thiophene rings is 1. The second-order valence-electron chi connectivity index (χ2n) is 4.91. The Hall–Kier alpha value is -1.52. The van der Waals surface area contributed by atoms with Crippen molar-refractivity contribution < 1.29 is 4.79 Å². The molecule has 5 heteroatoms. The first-order chi connectivity index (χ1) is 9.65. The van der Waals surface area contributed by atoms with E-state index in [0.29, 0.717) is 22.1 Å². The third-order valence-corrected chi connectivity index (χ3v) is 4.91. The highest BCUT2D eigenvalue weighted by atomic mass is 35.5. The van der Waals surface area contributed by atoms with E-state index in [2.05, 4.69) is 5.32 Å². The average Bonchev–Trinajstić information content (AvgIpc) is 2.97. The molecule has 0 saturated carbocycles. The maximum absolute atomic E-state index is 12.3. The molecule has 3 rings (SSSR count). The van der Waals surface area contributed by atoms with Crippen LogP contribution in [0, 0.1) is 0 Å². The number of halogens is 1. The highest BCUT2D eigenvalue weighted by Crippen LogP contribution is 2.37. The van der Waals surface area contributed by atoms with Gasteiger partial charge < -0.3 is 11.1 Å². The van der Waals surface area contributed by atoms with Crippen molar-refractivity contribution in [2.24, 2.45) is 0 Å². The lowest BCUT2D eigenvalue weighted by molar-refractivity contribution is 0.0951. The van der Waals surface area contributed by atoms with Crippen molar-refractivity contribution in [3.05, 3.63) is 50.9 Å². The van der Waals surface area contributed by atoms with Gasteiger partial charge in [0, 0.05) is 16.4 Å². The molecule has 0 radical (unpaired) electrons. The summed E-state index contributed by atoms with van der Waals surface area (Å²) in [7, 11) is 0. The van der Waals surface area contributed by atoms with Crippen molar-refractivity contribution in [1.82, 2.24) is 5.32 Å². The number of hydrogen-bond acceptors (Lipinski definition) is 3. The standard InChI is InChI=1S/C15H15ClN2OS/c16-10-6-4-9(5-7-10)8-18-15(19)13-11-2-1-3-12(11)20-14(13)17/h4-7H,1-3,8,17H2,(H,18,19). The molecule has 1 heterocycles. The lowest BCUT2D eigenvalue weighted by atomic mass is 10.1. The quantitative estimate of drug-likeness (QED) is 0.913. The summed E-state index contributed by atoms with van der Waals surface area (Å²) in [5.74, 6) is -0.0724. The SMILES string of the molecule is Nc1sc2c(c1C(=O)NCc1ccc(Cl)cc1)CCC2. The minimum atomic E-state index is -0.0724. The number of nitrogens with one attached hydrogen (secondary N) is 1. The number of fused-ring (bicyclic) bond motifs is 1. The summed E-state index contributed by atoms with van der Waals surface area (Å²) in [6.45, 7) is 0.486. The third kappa shape index (κ3) is 2.53. The molecular formula is C15H15ClN2OS. The van der Waals surface area contributed by atoms with Gasteiger partial charge in [-0.2, -0.15) is 0 Å². The Balaban J connectivity index is 1.72. The van der Waals surface area contributed by atoms with Gasteiger partial charge in [-0.05, 0) is 42.5 Å². The zero-order valence-corrected chi connectivity index (χ0v) is 12.5. The van der Waals surface area contributed by atoms with Crippen molar-refractivity contribution in [2.75, 3.05) is 5.73 Å². The molecule has 104 valence electrons. The normalized spacial score (nSPS) is 13.2. The van der Waals surface area contributed by atoms with Gasteiger partial charge in [-0.25, -0.2) is 0 Å². The lowest BCUT2D eigenvalue weighted by Crippen LogP contribution is -2.24. The molecule has 3 N–H and O–H groups in total. The molecule has 0 fully saturated rings. The topological polar surface area (TPSA) is 55.1 Å². The Morgan fingerprint density at radius 1 is 1.30 bits per heavy atom. The van der Waals surface area contributed by atoms with Gasteiger partial charge in [-0.1, -0.05) is 23.7 Å². The molecule has 0 bridgehead atoms. The summed E-state index contributed by atoms with van der Waals surface area (Å²) >= 11 is 7.39. The van der Waals surface area contributed by atoms with E-state index in [1.807, 2.05) is 24.3 Å². The Kier molecular flexibility index (Phi) is 3.68. The van der Waals surface area contributed by atoms with Gasteiger partial charge in [0.1, 0.15) is 0 Å². The third-order valence-electron chi connectivity index (χ3n) is 3.54. The molecule has 1 aromatic carbocycles. The summed E-state index contributed by atoms with van der Waals surface area (Å²) in [6.07, 6.45) is 3.14. The fourth-order valence-corrected chi connectivity index (χ4v) is 3.83. The van der Waals surface area contributed by atoms with Crippen LogP contribution >= 0.6 is 22.9 Å². The van der Waals surface area contributed by atoms with Crippen LogP contribution in [-0.2, 0) is 19.4 Å². The largest absolute Gasteiger partial charge is 0.390 e. The van der Waals surface area contributed by atoms with Crippen LogP contribution in [0.15, 0.2) is 24.3 Å². The number of hydrogen-bond donors (Lipinski definition) is 2. The van der Waals surface area contributed by atoms with Crippen molar-refractivity contribution >= 4 is 33.8 Å². The summed E-state index contributed by atoms with van der Waals surface area (Å²) in [5.41, 5.74) is 8.85. The molecule has 20 heavy (non-hydrogen) atoms. The summed E-state index contributed by atoms with van der Waals surface area (Å²) in [4.78, 5) is 13.6. The molecule has 0 aliphatic heterocycles. The maximum atomic E-state index is 12.3. The molecule has 2 aromatic rings. The minimum Gasteiger partial charge on any atom is -0.390 e. The van der Waals surface area contributed by atoms with Crippen LogP contribution in [0.4, 0.5) is 5.00 Å². The van der Waals surface area contributed by atoms with Crippen molar-refractivity contribution in [3.8, 4) is 0 Å².